The van der Waals surface area contributed by atoms with Crippen LogP contribution in [0.5, 0.6) is 0 Å². The number of rotatable bonds is 5. The number of nitrogens with two attached hydrogens (primary N) is 2. The average molecular weight is 293 g/mol. The van der Waals surface area contributed by atoms with Gasteiger partial charge in [0.25, 0.3) is 0 Å². The number of amides is 1. The summed E-state index contributed by atoms with van der Waals surface area (Å²) in [6.45, 7) is 2.29. The highest BCUT2D eigenvalue weighted by Crippen LogP contribution is 2.23. The highest BCUT2D eigenvalue weighted by atomic mass is 32.2. The maximum absolute atomic E-state index is 12.1. The van der Waals surface area contributed by atoms with Gasteiger partial charge in [0, 0.05) is 19.5 Å². The number of primary amides is 1. The van der Waals surface area contributed by atoms with Crippen LogP contribution in [0.4, 0.5) is 0 Å². The monoisotopic (exact) mass is 293 g/mol. The molecule has 6 nitrogen and oxygen atoms in total. The lowest BCUT2D eigenvalue weighted by Gasteiger charge is -2.32. The molecule has 0 aromatic heterocycles. The van der Waals surface area contributed by atoms with E-state index in [9.17, 15) is 13.2 Å². The largest absolute Gasteiger partial charge is 0.392 e. The van der Waals surface area contributed by atoms with Gasteiger partial charge in [0.2, 0.25) is 15.9 Å². The van der Waals surface area contributed by atoms with Crippen molar-refractivity contribution in [3.05, 3.63) is 0 Å². The summed E-state index contributed by atoms with van der Waals surface area (Å²) in [6, 6.07) is 0. The van der Waals surface area contributed by atoms with Crippen LogP contribution < -0.4 is 11.5 Å². The second-order valence-corrected chi connectivity index (χ2v) is 7.33. The molecule has 1 unspecified atom stereocenters. The van der Waals surface area contributed by atoms with Crippen LogP contribution in [0.15, 0.2) is 0 Å². The summed E-state index contributed by atoms with van der Waals surface area (Å²) < 4.78 is 25.6. The molecule has 1 fully saturated rings. The predicted molar refractivity (Wildman–Crippen MR) is 73.3 cm³/mol. The number of sulfonamides is 1. The van der Waals surface area contributed by atoms with Crippen molar-refractivity contribution in [3.8, 4) is 0 Å². The molecule has 1 atom stereocenters. The zero-order chi connectivity index (χ0) is 13.9. The fraction of sp³-hybridized carbons (Fsp3) is 0.800. The van der Waals surface area contributed by atoms with Gasteiger partial charge in [0.1, 0.15) is 5.25 Å². The lowest BCUT2D eigenvalue weighted by Crippen LogP contribution is -2.46. The number of hydrogen-bond acceptors (Lipinski definition) is 4. The van der Waals surface area contributed by atoms with Gasteiger partial charge < -0.3 is 11.5 Å². The van der Waals surface area contributed by atoms with Crippen molar-refractivity contribution in [2.24, 2.45) is 17.4 Å². The van der Waals surface area contributed by atoms with Crippen molar-refractivity contribution in [2.75, 3.05) is 13.1 Å². The lowest BCUT2D eigenvalue weighted by molar-refractivity contribution is -0.119. The molecule has 1 saturated heterocycles. The van der Waals surface area contributed by atoms with E-state index in [1.165, 1.54) is 11.2 Å². The Balaban J connectivity index is 2.62. The first-order chi connectivity index (χ1) is 8.25. The molecular formula is C10H19N3O3S2. The Hall–Kier alpha value is -0.730. The van der Waals surface area contributed by atoms with Crippen LogP contribution >= 0.6 is 12.2 Å². The lowest BCUT2D eigenvalue weighted by atomic mass is 9.94. The second-order valence-electron chi connectivity index (χ2n) is 4.60. The van der Waals surface area contributed by atoms with E-state index in [4.69, 9.17) is 23.7 Å². The number of carbonyl (C=O) groups is 1. The van der Waals surface area contributed by atoms with Crippen molar-refractivity contribution in [1.29, 1.82) is 0 Å². The normalized spacial score (nSPS) is 20.5. The second kappa shape index (κ2) is 5.94. The van der Waals surface area contributed by atoms with Crippen LogP contribution in [-0.2, 0) is 14.8 Å². The first kappa shape index (κ1) is 15.3. The Labute approximate surface area is 113 Å². The molecule has 8 heteroatoms. The van der Waals surface area contributed by atoms with Gasteiger partial charge in [-0.2, -0.15) is 0 Å². The predicted octanol–water partition coefficient (Wildman–Crippen LogP) is -0.422. The third-order valence-corrected chi connectivity index (χ3v) is 6.01. The summed E-state index contributed by atoms with van der Waals surface area (Å²) in [5.74, 6) is -0.165. The minimum Gasteiger partial charge on any atom is -0.392 e. The molecule has 1 rings (SSSR count). The first-order valence-corrected chi connectivity index (χ1v) is 7.73. The SMILES string of the molecule is CC(C(N)=S)S(=O)(=O)N1CCC(CC(N)=O)CC1. The third-order valence-electron chi connectivity index (χ3n) is 3.27. The van der Waals surface area contributed by atoms with E-state index in [0.29, 0.717) is 32.4 Å². The van der Waals surface area contributed by atoms with E-state index in [1.807, 2.05) is 0 Å². The van der Waals surface area contributed by atoms with E-state index in [0.717, 1.165) is 0 Å². The van der Waals surface area contributed by atoms with Gasteiger partial charge >= 0.3 is 0 Å². The topological polar surface area (TPSA) is 106 Å². The third kappa shape index (κ3) is 3.63. The van der Waals surface area contributed by atoms with Crippen LogP contribution in [0.2, 0.25) is 0 Å². The van der Waals surface area contributed by atoms with E-state index < -0.39 is 15.3 Å². The van der Waals surface area contributed by atoms with Crippen molar-refractivity contribution in [1.82, 2.24) is 4.31 Å². The summed E-state index contributed by atoms with van der Waals surface area (Å²) in [5.41, 5.74) is 10.5. The zero-order valence-corrected chi connectivity index (χ0v) is 12.0. The molecule has 104 valence electrons. The molecule has 0 radical (unpaired) electrons. The minimum atomic E-state index is -3.46. The summed E-state index contributed by atoms with van der Waals surface area (Å²) in [4.78, 5) is 10.8. The van der Waals surface area contributed by atoms with E-state index >= 15 is 0 Å². The highest BCUT2D eigenvalue weighted by Gasteiger charge is 2.33. The van der Waals surface area contributed by atoms with Crippen LogP contribution in [-0.4, -0.2) is 42.0 Å². The quantitative estimate of drug-likeness (QED) is 0.669. The van der Waals surface area contributed by atoms with Gasteiger partial charge in [-0.15, -0.1) is 0 Å². The van der Waals surface area contributed by atoms with Gasteiger partial charge in [-0.3, -0.25) is 4.79 Å². The van der Waals surface area contributed by atoms with Crippen molar-refractivity contribution in [3.63, 3.8) is 0 Å². The number of carbonyl (C=O) groups excluding carboxylic acids is 1. The molecule has 4 N–H and O–H groups in total. The van der Waals surface area contributed by atoms with E-state index in [-0.39, 0.29) is 16.8 Å². The Bertz CT molecular complexity index is 428. The van der Waals surface area contributed by atoms with E-state index in [1.54, 1.807) is 0 Å². The molecule has 18 heavy (non-hydrogen) atoms. The number of nitrogens with zero attached hydrogens (tertiary/aromatic N) is 1. The number of hydrogen-bond donors (Lipinski definition) is 2. The molecule has 0 aromatic rings. The average Bonchev–Trinajstić information content (AvgIpc) is 2.27. The van der Waals surface area contributed by atoms with Crippen LogP contribution in [0, 0.1) is 5.92 Å². The Kier molecular flexibility index (Phi) is 5.06. The molecule has 0 aliphatic carbocycles. The highest BCUT2D eigenvalue weighted by molar-refractivity contribution is 7.92. The van der Waals surface area contributed by atoms with Crippen molar-refractivity contribution >= 4 is 33.1 Å². The molecule has 1 aliphatic heterocycles. The van der Waals surface area contributed by atoms with Gasteiger partial charge in [0.15, 0.2) is 0 Å². The van der Waals surface area contributed by atoms with Crippen LogP contribution in [0.25, 0.3) is 0 Å². The van der Waals surface area contributed by atoms with E-state index in [2.05, 4.69) is 0 Å². The number of piperidine rings is 1. The number of thiocarbonyl (C=S) groups is 1. The Morgan fingerprint density at radius 2 is 1.89 bits per heavy atom. The van der Waals surface area contributed by atoms with Crippen molar-refractivity contribution < 1.29 is 13.2 Å². The van der Waals surface area contributed by atoms with Crippen LogP contribution in [0.1, 0.15) is 26.2 Å². The fourth-order valence-corrected chi connectivity index (χ4v) is 3.85. The fourth-order valence-electron chi connectivity index (χ4n) is 2.02. The van der Waals surface area contributed by atoms with Crippen molar-refractivity contribution in [2.45, 2.75) is 31.4 Å². The molecule has 1 heterocycles. The molecule has 1 amide bonds. The van der Waals surface area contributed by atoms with Gasteiger partial charge in [-0.05, 0) is 25.7 Å². The Morgan fingerprint density at radius 1 is 1.39 bits per heavy atom. The summed E-state index contributed by atoms with van der Waals surface area (Å²) in [6.07, 6.45) is 1.61. The first-order valence-electron chi connectivity index (χ1n) is 5.81. The van der Waals surface area contributed by atoms with Gasteiger partial charge in [-0.1, -0.05) is 12.2 Å². The maximum Gasteiger partial charge on any atom is 0.223 e. The molecule has 0 aromatic carbocycles. The maximum atomic E-state index is 12.1. The molecule has 0 spiro atoms. The minimum absolute atomic E-state index is 0.0192. The summed E-state index contributed by atoms with van der Waals surface area (Å²) in [7, 11) is -3.46. The van der Waals surface area contributed by atoms with Gasteiger partial charge in [-0.25, -0.2) is 12.7 Å². The molecular weight excluding hydrogens is 274 g/mol. The summed E-state index contributed by atoms with van der Waals surface area (Å²) in [5, 5.41) is -0.847. The molecule has 0 bridgehead atoms. The van der Waals surface area contributed by atoms with Gasteiger partial charge in [0.05, 0.1) is 4.99 Å². The Morgan fingerprint density at radius 3 is 2.28 bits per heavy atom. The molecule has 0 saturated carbocycles. The standard InChI is InChI=1S/C10H19N3O3S2/c1-7(10(12)17)18(15,16)13-4-2-8(3-5-13)6-9(11)14/h7-8H,2-6H2,1H3,(H2,11,14)(H2,12,17). The zero-order valence-electron chi connectivity index (χ0n) is 10.3. The van der Waals surface area contributed by atoms with Crippen LogP contribution in [0.3, 0.4) is 0 Å². The smallest absolute Gasteiger partial charge is 0.223 e. The summed E-state index contributed by atoms with van der Waals surface area (Å²) >= 11 is 4.73. The molecule has 1 aliphatic rings.